The van der Waals surface area contributed by atoms with Crippen LogP contribution >= 0.6 is 11.6 Å². The number of imidazole rings is 1. The molecular weight excluding hydrogens is 568 g/mol. The van der Waals surface area contributed by atoms with Crippen LogP contribution in [0.25, 0.3) is 11.6 Å². The van der Waals surface area contributed by atoms with Crippen LogP contribution in [0.2, 0.25) is 5.02 Å². The van der Waals surface area contributed by atoms with Crippen LogP contribution in [0.4, 0.5) is 4.79 Å². The average molecular weight is 605 g/mol. The number of carbonyl (C=O) groups is 2. The molecule has 6 rings (SSSR count). The van der Waals surface area contributed by atoms with Crippen LogP contribution in [0.15, 0.2) is 49.1 Å². The number of rotatable bonds is 8. The highest BCUT2D eigenvalue weighted by Gasteiger charge is 2.43. The van der Waals surface area contributed by atoms with E-state index in [0.717, 1.165) is 46.5 Å². The molecule has 0 spiro atoms. The Labute approximate surface area is 256 Å². The van der Waals surface area contributed by atoms with Crippen molar-refractivity contribution in [3.05, 3.63) is 82.2 Å². The number of piperazine rings is 1. The third-order valence-corrected chi connectivity index (χ3v) is 8.73. The molecule has 1 aliphatic heterocycles. The molecule has 1 N–H and O–H groups in total. The molecule has 10 nitrogen and oxygen atoms in total. The molecule has 0 radical (unpaired) electrons. The summed E-state index contributed by atoms with van der Waals surface area (Å²) >= 11 is 6.65. The Kier molecular flexibility index (Phi) is 8.26. The predicted molar refractivity (Wildman–Crippen MR) is 163 cm³/mol. The molecule has 3 aromatic rings. The van der Waals surface area contributed by atoms with Gasteiger partial charge in [0.25, 0.3) is 0 Å². The van der Waals surface area contributed by atoms with E-state index in [0.29, 0.717) is 37.8 Å². The first kappa shape index (κ1) is 29.3. The zero-order valence-corrected chi connectivity index (χ0v) is 25.5. The van der Waals surface area contributed by atoms with Gasteiger partial charge in [-0.2, -0.15) is 0 Å². The zero-order chi connectivity index (χ0) is 30.1. The molecule has 0 bridgehead atoms. The summed E-state index contributed by atoms with van der Waals surface area (Å²) < 4.78 is 13.1. The first-order chi connectivity index (χ1) is 20.8. The van der Waals surface area contributed by atoms with Crippen LogP contribution in [0.3, 0.4) is 0 Å². The standard InChI is InChI=1S/C32H37ClN6O4/c1-4-42-19-27(40)36-29(26-18-34-20-37(26)3)25-16-21-6-5-11-35-28(21)30(23-8-7-22(33)17-24(23)25)38-12-14-39(15-13-38)31(41)43-32(2)9-10-32/h5-8,11,16-18,20,29-30H,4,9-10,12-15,19H2,1-3H3,(H,36,40)/t29-,30+/m1/s1. The van der Waals surface area contributed by atoms with Crippen LogP contribution in [0, 0.1) is 0 Å². The van der Waals surface area contributed by atoms with Gasteiger partial charge in [-0.05, 0) is 73.2 Å². The van der Waals surface area contributed by atoms with Crippen molar-refractivity contribution in [3.63, 3.8) is 0 Å². The van der Waals surface area contributed by atoms with Gasteiger partial charge in [-0.1, -0.05) is 23.7 Å². The second kappa shape index (κ2) is 12.1. The van der Waals surface area contributed by atoms with Crippen molar-refractivity contribution in [2.45, 2.75) is 44.4 Å². The van der Waals surface area contributed by atoms with Gasteiger partial charge in [0.05, 0.1) is 36.0 Å². The topological polar surface area (TPSA) is 102 Å². The molecule has 3 heterocycles. The van der Waals surface area contributed by atoms with Crippen molar-refractivity contribution >= 4 is 35.3 Å². The second-order valence-electron chi connectivity index (χ2n) is 11.6. The van der Waals surface area contributed by atoms with Crippen LogP contribution in [-0.4, -0.2) is 81.3 Å². The van der Waals surface area contributed by atoms with E-state index in [1.165, 1.54) is 0 Å². The van der Waals surface area contributed by atoms with Crippen molar-refractivity contribution in [3.8, 4) is 0 Å². The van der Waals surface area contributed by atoms with Gasteiger partial charge in [-0.3, -0.25) is 14.7 Å². The fourth-order valence-corrected chi connectivity index (χ4v) is 6.04. The maximum atomic E-state index is 13.1. The molecule has 226 valence electrons. The molecule has 1 aromatic carbocycles. The van der Waals surface area contributed by atoms with Crippen molar-refractivity contribution in [2.24, 2.45) is 7.05 Å². The summed E-state index contributed by atoms with van der Waals surface area (Å²) in [4.78, 5) is 39.3. The van der Waals surface area contributed by atoms with Gasteiger partial charge in [0.15, 0.2) is 0 Å². The minimum Gasteiger partial charge on any atom is -0.443 e. The Hall–Kier alpha value is -3.73. The minimum absolute atomic E-state index is 0.0484. The third kappa shape index (κ3) is 6.18. The van der Waals surface area contributed by atoms with Crippen LogP contribution < -0.4 is 5.32 Å². The largest absolute Gasteiger partial charge is 0.443 e. The Balaban J connectivity index is 1.39. The van der Waals surface area contributed by atoms with Gasteiger partial charge < -0.3 is 24.3 Å². The number of aromatic nitrogens is 3. The Morgan fingerprint density at radius 3 is 2.67 bits per heavy atom. The number of nitrogens with zero attached hydrogens (tertiary/aromatic N) is 5. The van der Waals surface area contributed by atoms with Crippen molar-refractivity contribution in [2.75, 3.05) is 39.4 Å². The first-order valence-corrected chi connectivity index (χ1v) is 15.2. The number of benzene rings is 1. The fraction of sp³-hybridized carbons (Fsp3) is 0.438. The lowest BCUT2D eigenvalue weighted by atomic mass is 9.89. The summed E-state index contributed by atoms with van der Waals surface area (Å²) in [7, 11) is 1.91. The van der Waals surface area contributed by atoms with Crippen LogP contribution in [0.1, 0.15) is 66.9 Å². The fourth-order valence-electron chi connectivity index (χ4n) is 5.87. The molecule has 3 aliphatic rings. The maximum absolute atomic E-state index is 13.1. The number of carbonyl (C=O) groups excluding carboxylic acids is 2. The first-order valence-electron chi connectivity index (χ1n) is 14.8. The minimum atomic E-state index is -0.528. The smallest absolute Gasteiger partial charge is 0.410 e. The van der Waals surface area contributed by atoms with E-state index in [9.17, 15) is 9.59 Å². The lowest BCUT2D eigenvalue weighted by Crippen LogP contribution is -2.50. The Bertz CT molecular complexity index is 1540. The number of hydrogen-bond acceptors (Lipinski definition) is 7. The lowest BCUT2D eigenvalue weighted by Gasteiger charge is -2.39. The van der Waals surface area contributed by atoms with E-state index >= 15 is 0 Å². The highest BCUT2D eigenvalue weighted by Crippen LogP contribution is 2.44. The number of halogens is 1. The molecule has 0 unspecified atom stereocenters. The second-order valence-corrected chi connectivity index (χ2v) is 12.1. The molecule has 11 heteroatoms. The van der Waals surface area contributed by atoms with E-state index in [1.807, 2.05) is 49.9 Å². The van der Waals surface area contributed by atoms with E-state index in [4.69, 9.17) is 26.1 Å². The summed E-state index contributed by atoms with van der Waals surface area (Å²) in [5.74, 6) is -0.229. The van der Waals surface area contributed by atoms with Crippen molar-refractivity contribution in [1.82, 2.24) is 29.7 Å². The highest BCUT2D eigenvalue weighted by atomic mass is 35.5. The van der Waals surface area contributed by atoms with Gasteiger partial charge >= 0.3 is 6.09 Å². The number of amides is 2. The SMILES string of the molecule is CCOCC(=O)N[C@H](C1=Cc2cccnc2[C@@H](N2CCN(C(=O)OC3(C)CC3)CC2)c2ccc(Cl)cc21)c1cncn1C. The maximum Gasteiger partial charge on any atom is 0.410 e. The number of fused-ring (bicyclic) bond motifs is 2. The lowest BCUT2D eigenvalue weighted by molar-refractivity contribution is -0.126. The van der Waals surface area contributed by atoms with Gasteiger partial charge in [-0.15, -0.1) is 0 Å². The zero-order valence-electron chi connectivity index (χ0n) is 24.8. The van der Waals surface area contributed by atoms with Crippen LogP contribution in [-0.2, 0) is 21.3 Å². The normalized spacial score (nSPS) is 19.9. The Morgan fingerprint density at radius 1 is 1.19 bits per heavy atom. The third-order valence-electron chi connectivity index (χ3n) is 8.49. The summed E-state index contributed by atoms with van der Waals surface area (Å²) in [6, 6.07) is 9.17. The average Bonchev–Trinajstić information content (AvgIpc) is 3.61. The highest BCUT2D eigenvalue weighted by molar-refractivity contribution is 6.30. The summed E-state index contributed by atoms with van der Waals surface area (Å²) in [5.41, 5.74) is 5.20. The molecule has 2 fully saturated rings. The van der Waals surface area contributed by atoms with Gasteiger partial charge in [0, 0.05) is 51.1 Å². The summed E-state index contributed by atoms with van der Waals surface area (Å²) in [5, 5.41) is 3.78. The summed E-state index contributed by atoms with van der Waals surface area (Å²) in [6.45, 7) is 6.66. The molecule has 2 aliphatic carbocycles. The molecule has 1 saturated carbocycles. The molecule has 2 amide bonds. The molecule has 2 aromatic heterocycles. The number of aryl methyl sites for hydroxylation is 1. The van der Waals surface area contributed by atoms with E-state index in [2.05, 4.69) is 33.4 Å². The molecule has 2 atom stereocenters. The van der Waals surface area contributed by atoms with Crippen molar-refractivity contribution < 1.29 is 19.1 Å². The van der Waals surface area contributed by atoms with Gasteiger partial charge in [-0.25, -0.2) is 9.78 Å². The number of nitrogens with one attached hydrogen (secondary N) is 1. The van der Waals surface area contributed by atoms with Crippen molar-refractivity contribution in [1.29, 1.82) is 0 Å². The predicted octanol–water partition coefficient (Wildman–Crippen LogP) is 4.61. The molecule has 1 saturated heterocycles. The van der Waals surface area contributed by atoms with E-state index in [-0.39, 0.29) is 30.3 Å². The monoisotopic (exact) mass is 604 g/mol. The van der Waals surface area contributed by atoms with E-state index in [1.54, 1.807) is 17.4 Å². The van der Waals surface area contributed by atoms with Gasteiger partial charge in [0.2, 0.25) is 5.91 Å². The van der Waals surface area contributed by atoms with Crippen LogP contribution in [0.5, 0.6) is 0 Å². The summed E-state index contributed by atoms with van der Waals surface area (Å²) in [6.07, 6.45) is 9.00. The van der Waals surface area contributed by atoms with Gasteiger partial charge in [0.1, 0.15) is 12.2 Å². The quantitative estimate of drug-likeness (QED) is 0.401. The Morgan fingerprint density at radius 2 is 1.98 bits per heavy atom. The number of hydrogen-bond donors (Lipinski definition) is 1. The number of ether oxygens (including phenoxy) is 2. The number of pyridine rings is 1. The molecular formula is C32H37ClN6O4. The van der Waals surface area contributed by atoms with E-state index < -0.39 is 6.04 Å². The molecule has 43 heavy (non-hydrogen) atoms.